The molecular weight excluding hydrogens is 232 g/mol. The molecule has 1 N–H and O–H groups in total. The third-order valence-corrected chi connectivity index (χ3v) is 3.92. The second-order valence-electron chi connectivity index (χ2n) is 6.09. The summed E-state index contributed by atoms with van der Waals surface area (Å²) >= 11 is 0. The number of rotatable bonds is 6. The Morgan fingerprint density at radius 3 is 2.74 bits per heavy atom. The molecule has 1 saturated heterocycles. The lowest BCUT2D eigenvalue weighted by atomic mass is 10.1. The minimum absolute atomic E-state index is 0.739. The number of nitrogens with one attached hydrogen (secondary N) is 1. The zero-order valence-corrected chi connectivity index (χ0v) is 12.5. The number of piperidine rings is 1. The molecule has 106 valence electrons. The maximum atomic E-state index is 3.59. The molecule has 1 unspecified atom stereocenters. The lowest BCUT2D eigenvalue weighted by Crippen LogP contribution is -2.36. The SMILES string of the molecule is Cc1cccc(CNCC(C)CN2CCCCC2)c1. The zero-order valence-electron chi connectivity index (χ0n) is 12.5. The van der Waals surface area contributed by atoms with E-state index in [2.05, 4.69) is 48.3 Å². The third kappa shape index (κ3) is 5.33. The average molecular weight is 260 g/mol. The Balaban J connectivity index is 1.64. The summed E-state index contributed by atoms with van der Waals surface area (Å²) in [5.74, 6) is 0.739. The molecule has 0 radical (unpaired) electrons. The highest BCUT2D eigenvalue weighted by Crippen LogP contribution is 2.10. The quantitative estimate of drug-likeness (QED) is 0.845. The summed E-state index contributed by atoms with van der Waals surface area (Å²) < 4.78 is 0. The predicted octanol–water partition coefficient (Wildman–Crippen LogP) is 3.21. The van der Waals surface area contributed by atoms with E-state index in [0.29, 0.717) is 0 Å². The smallest absolute Gasteiger partial charge is 0.0205 e. The van der Waals surface area contributed by atoms with E-state index >= 15 is 0 Å². The first-order valence-electron chi connectivity index (χ1n) is 7.72. The molecule has 1 atom stereocenters. The molecule has 1 aliphatic rings. The Bertz CT molecular complexity index is 369. The number of hydrogen-bond acceptors (Lipinski definition) is 2. The molecule has 2 rings (SSSR count). The highest BCUT2D eigenvalue weighted by molar-refractivity contribution is 5.21. The lowest BCUT2D eigenvalue weighted by Gasteiger charge is -2.29. The molecule has 1 fully saturated rings. The maximum Gasteiger partial charge on any atom is 0.0205 e. The highest BCUT2D eigenvalue weighted by Gasteiger charge is 2.12. The normalized spacial score (nSPS) is 18.4. The second-order valence-corrected chi connectivity index (χ2v) is 6.09. The van der Waals surface area contributed by atoms with Crippen LogP contribution in [0, 0.1) is 12.8 Å². The summed E-state index contributed by atoms with van der Waals surface area (Å²) in [5, 5.41) is 3.59. The molecule has 0 amide bonds. The first-order valence-corrected chi connectivity index (χ1v) is 7.72. The summed E-state index contributed by atoms with van der Waals surface area (Å²) in [5.41, 5.74) is 2.74. The summed E-state index contributed by atoms with van der Waals surface area (Å²) in [6.07, 6.45) is 4.21. The van der Waals surface area contributed by atoms with Crippen LogP contribution in [-0.4, -0.2) is 31.1 Å². The molecule has 1 aromatic rings. The van der Waals surface area contributed by atoms with Gasteiger partial charge in [0.1, 0.15) is 0 Å². The molecule has 0 bridgehead atoms. The molecule has 1 heterocycles. The molecule has 19 heavy (non-hydrogen) atoms. The fourth-order valence-corrected chi connectivity index (χ4v) is 2.93. The van der Waals surface area contributed by atoms with Crippen molar-refractivity contribution < 1.29 is 0 Å². The van der Waals surface area contributed by atoms with Crippen molar-refractivity contribution in [3.8, 4) is 0 Å². The molecule has 2 nitrogen and oxygen atoms in total. The van der Waals surface area contributed by atoms with Crippen molar-refractivity contribution in [2.24, 2.45) is 5.92 Å². The molecule has 0 spiro atoms. The number of aryl methyl sites for hydroxylation is 1. The maximum absolute atomic E-state index is 3.59. The van der Waals surface area contributed by atoms with Crippen LogP contribution in [0.2, 0.25) is 0 Å². The Hall–Kier alpha value is -0.860. The first kappa shape index (κ1) is 14.5. The van der Waals surface area contributed by atoms with Gasteiger partial charge in [0, 0.05) is 13.1 Å². The van der Waals surface area contributed by atoms with E-state index in [1.807, 2.05) is 0 Å². The van der Waals surface area contributed by atoms with Crippen LogP contribution in [0.4, 0.5) is 0 Å². The number of hydrogen-bond donors (Lipinski definition) is 1. The van der Waals surface area contributed by atoms with Gasteiger partial charge in [-0.15, -0.1) is 0 Å². The van der Waals surface area contributed by atoms with Gasteiger partial charge in [-0.25, -0.2) is 0 Å². The van der Waals surface area contributed by atoms with E-state index < -0.39 is 0 Å². The van der Waals surface area contributed by atoms with Crippen LogP contribution in [0.3, 0.4) is 0 Å². The van der Waals surface area contributed by atoms with Crippen molar-refractivity contribution in [2.45, 2.75) is 39.7 Å². The number of likely N-dealkylation sites (tertiary alicyclic amines) is 1. The van der Waals surface area contributed by atoms with Gasteiger partial charge >= 0.3 is 0 Å². The van der Waals surface area contributed by atoms with E-state index in [9.17, 15) is 0 Å². The lowest BCUT2D eigenvalue weighted by molar-refractivity contribution is 0.199. The van der Waals surface area contributed by atoms with E-state index in [4.69, 9.17) is 0 Å². The monoisotopic (exact) mass is 260 g/mol. The van der Waals surface area contributed by atoms with Crippen LogP contribution < -0.4 is 5.32 Å². The number of benzene rings is 1. The Kier molecular flexibility index (Phi) is 5.87. The van der Waals surface area contributed by atoms with E-state index in [0.717, 1.165) is 19.0 Å². The Morgan fingerprint density at radius 2 is 2.00 bits per heavy atom. The van der Waals surface area contributed by atoms with Crippen molar-refractivity contribution in [3.63, 3.8) is 0 Å². The minimum atomic E-state index is 0.739. The molecular formula is C17H28N2. The fraction of sp³-hybridized carbons (Fsp3) is 0.647. The first-order chi connectivity index (χ1) is 9.24. The third-order valence-electron chi connectivity index (χ3n) is 3.92. The van der Waals surface area contributed by atoms with Crippen LogP contribution in [0.25, 0.3) is 0 Å². The predicted molar refractivity (Wildman–Crippen MR) is 82.3 cm³/mol. The topological polar surface area (TPSA) is 15.3 Å². The molecule has 0 aromatic heterocycles. The molecule has 1 aromatic carbocycles. The summed E-state index contributed by atoms with van der Waals surface area (Å²) in [6.45, 7) is 10.5. The van der Waals surface area contributed by atoms with Crippen LogP contribution in [0.1, 0.15) is 37.3 Å². The highest BCUT2D eigenvalue weighted by atomic mass is 15.1. The van der Waals surface area contributed by atoms with Crippen LogP contribution in [0.5, 0.6) is 0 Å². The van der Waals surface area contributed by atoms with E-state index in [1.54, 1.807) is 0 Å². The van der Waals surface area contributed by atoms with Gasteiger partial charge in [0.2, 0.25) is 0 Å². The van der Waals surface area contributed by atoms with Crippen LogP contribution in [0.15, 0.2) is 24.3 Å². The molecule has 2 heteroatoms. The largest absolute Gasteiger partial charge is 0.312 e. The standard InChI is InChI=1S/C17H28N2/c1-15-7-6-8-17(11-15)13-18-12-16(2)14-19-9-4-3-5-10-19/h6-8,11,16,18H,3-5,9-10,12-14H2,1-2H3. The Morgan fingerprint density at radius 1 is 1.21 bits per heavy atom. The van der Waals surface area contributed by atoms with Gasteiger partial charge in [-0.3, -0.25) is 0 Å². The zero-order chi connectivity index (χ0) is 13.5. The van der Waals surface area contributed by atoms with E-state index in [1.165, 1.54) is 50.0 Å². The fourth-order valence-electron chi connectivity index (χ4n) is 2.93. The van der Waals surface area contributed by atoms with Gasteiger partial charge in [0.25, 0.3) is 0 Å². The van der Waals surface area contributed by atoms with Crippen molar-refractivity contribution in [1.82, 2.24) is 10.2 Å². The minimum Gasteiger partial charge on any atom is -0.312 e. The van der Waals surface area contributed by atoms with Crippen molar-refractivity contribution >= 4 is 0 Å². The van der Waals surface area contributed by atoms with Gasteiger partial charge in [0.15, 0.2) is 0 Å². The number of nitrogens with zero attached hydrogens (tertiary/aromatic N) is 1. The molecule has 0 saturated carbocycles. The van der Waals surface area contributed by atoms with E-state index in [-0.39, 0.29) is 0 Å². The van der Waals surface area contributed by atoms with Crippen molar-refractivity contribution in [1.29, 1.82) is 0 Å². The van der Waals surface area contributed by atoms with Gasteiger partial charge < -0.3 is 10.2 Å². The summed E-state index contributed by atoms with van der Waals surface area (Å²) in [7, 11) is 0. The summed E-state index contributed by atoms with van der Waals surface area (Å²) in [4.78, 5) is 2.63. The Labute approximate surface area is 118 Å². The van der Waals surface area contributed by atoms with Gasteiger partial charge in [0.05, 0.1) is 0 Å². The molecule has 0 aliphatic carbocycles. The van der Waals surface area contributed by atoms with Crippen LogP contribution in [-0.2, 0) is 6.54 Å². The molecule has 1 aliphatic heterocycles. The second kappa shape index (κ2) is 7.66. The van der Waals surface area contributed by atoms with Crippen LogP contribution >= 0.6 is 0 Å². The van der Waals surface area contributed by atoms with Gasteiger partial charge in [-0.2, -0.15) is 0 Å². The van der Waals surface area contributed by atoms with Gasteiger partial charge in [-0.1, -0.05) is 43.2 Å². The average Bonchev–Trinajstić information content (AvgIpc) is 2.40. The summed E-state index contributed by atoms with van der Waals surface area (Å²) in [6, 6.07) is 8.77. The van der Waals surface area contributed by atoms with Crippen molar-refractivity contribution in [2.75, 3.05) is 26.2 Å². The van der Waals surface area contributed by atoms with Crippen molar-refractivity contribution in [3.05, 3.63) is 35.4 Å². The van der Waals surface area contributed by atoms with Gasteiger partial charge in [-0.05, 0) is 50.9 Å².